The molecule has 0 unspecified atom stereocenters. The molecule has 0 aliphatic heterocycles. The molecule has 2 rings (SSSR count). The molecule has 0 heterocycles. The van der Waals surface area contributed by atoms with Gasteiger partial charge in [-0.15, -0.1) is 0 Å². The van der Waals surface area contributed by atoms with E-state index >= 15 is 0 Å². The van der Waals surface area contributed by atoms with Crippen LogP contribution in [0.15, 0.2) is 42.5 Å². The fourth-order valence-electron chi connectivity index (χ4n) is 1.39. The molecule has 0 radical (unpaired) electrons. The van der Waals surface area contributed by atoms with Crippen molar-refractivity contribution in [1.82, 2.24) is 0 Å². The van der Waals surface area contributed by atoms with Crippen LogP contribution in [-0.4, -0.2) is 24.4 Å². The number of benzene rings is 2. The van der Waals surface area contributed by atoms with Crippen LogP contribution >= 0.6 is 0 Å². The molecular formula is C10H9In. The van der Waals surface area contributed by atoms with Gasteiger partial charge in [-0.05, 0) is 0 Å². The summed E-state index contributed by atoms with van der Waals surface area (Å²) in [5.41, 5.74) is 0. The minimum atomic E-state index is 0.623. The summed E-state index contributed by atoms with van der Waals surface area (Å²) in [4.78, 5) is 0. The Hall–Kier alpha value is -0.430. The van der Waals surface area contributed by atoms with Crippen molar-refractivity contribution in [3.8, 4) is 0 Å². The molecule has 0 spiro atoms. The third kappa shape index (κ3) is 1.30. The molecule has 2 aromatic carbocycles. The van der Waals surface area contributed by atoms with E-state index in [2.05, 4.69) is 42.5 Å². The molecule has 1 heteroatoms. The molecule has 0 nitrogen and oxygen atoms in total. The van der Waals surface area contributed by atoms with E-state index in [1.54, 1.807) is 3.32 Å². The molecule has 0 N–H and O–H groups in total. The van der Waals surface area contributed by atoms with Gasteiger partial charge in [-0.1, -0.05) is 0 Å². The standard InChI is InChI=1S/C10H7.In.2H/c1-2-6-10-8-4-3-7-9(10)5-1;;;/h1-7H;;;. The van der Waals surface area contributed by atoms with Crippen molar-refractivity contribution in [3.63, 3.8) is 0 Å². The molecule has 0 atom stereocenters. The second-order valence-electron chi connectivity index (χ2n) is 2.80. The molecule has 0 aliphatic rings. The SMILES string of the molecule is [InH2][c]1cccc2ccccc12. The molecular weight excluding hydrogens is 235 g/mol. The molecule has 2 aromatic rings. The first-order valence-electron chi connectivity index (χ1n) is 3.82. The van der Waals surface area contributed by atoms with Crippen LogP contribution in [0.5, 0.6) is 0 Å². The Morgan fingerprint density at radius 2 is 1.55 bits per heavy atom. The number of rotatable bonds is 0. The van der Waals surface area contributed by atoms with Crippen molar-refractivity contribution in [2.24, 2.45) is 0 Å². The molecule has 0 amide bonds. The van der Waals surface area contributed by atoms with Gasteiger partial charge >= 0.3 is 80.9 Å². The van der Waals surface area contributed by atoms with Gasteiger partial charge in [-0.2, -0.15) is 0 Å². The Morgan fingerprint density at radius 3 is 2.36 bits per heavy atom. The van der Waals surface area contributed by atoms with Crippen LogP contribution in [0.1, 0.15) is 0 Å². The zero-order valence-corrected chi connectivity index (χ0v) is 12.2. The summed E-state index contributed by atoms with van der Waals surface area (Å²) in [5.74, 6) is 0. The van der Waals surface area contributed by atoms with Gasteiger partial charge in [-0.3, -0.25) is 0 Å². The fraction of sp³-hybridized carbons (Fsp3) is 0. The van der Waals surface area contributed by atoms with E-state index in [-0.39, 0.29) is 0 Å². The monoisotopic (exact) mass is 244 g/mol. The molecule has 0 saturated heterocycles. The van der Waals surface area contributed by atoms with Crippen molar-refractivity contribution in [3.05, 3.63) is 42.5 Å². The van der Waals surface area contributed by atoms with Gasteiger partial charge in [-0.25, -0.2) is 0 Å². The van der Waals surface area contributed by atoms with E-state index < -0.39 is 0 Å². The summed E-state index contributed by atoms with van der Waals surface area (Å²) in [6, 6.07) is 15.1. The van der Waals surface area contributed by atoms with Crippen LogP contribution in [0.25, 0.3) is 10.8 Å². The third-order valence-corrected chi connectivity index (χ3v) is 4.50. The van der Waals surface area contributed by atoms with Gasteiger partial charge in [0.15, 0.2) is 0 Å². The average Bonchev–Trinajstić information content (AvgIpc) is 2.06. The van der Waals surface area contributed by atoms with Gasteiger partial charge in [0.1, 0.15) is 0 Å². The van der Waals surface area contributed by atoms with Crippen molar-refractivity contribution in [1.29, 1.82) is 0 Å². The topological polar surface area (TPSA) is 0 Å². The summed E-state index contributed by atoms with van der Waals surface area (Å²) in [6.45, 7) is 0. The zero-order chi connectivity index (χ0) is 7.68. The maximum absolute atomic E-state index is 2.23. The third-order valence-electron chi connectivity index (χ3n) is 2.01. The van der Waals surface area contributed by atoms with Crippen molar-refractivity contribution < 1.29 is 0 Å². The molecule has 11 heavy (non-hydrogen) atoms. The maximum atomic E-state index is 2.23. The normalized spacial score (nSPS) is 10.2. The Bertz CT molecular complexity index is 374. The second kappa shape index (κ2) is 2.90. The molecule has 52 valence electrons. The Morgan fingerprint density at radius 1 is 0.818 bits per heavy atom. The predicted molar refractivity (Wildman–Crippen MR) is 52.1 cm³/mol. The fourth-order valence-corrected chi connectivity index (χ4v) is 3.24. The number of hydrogen-bond acceptors (Lipinski definition) is 0. The summed E-state index contributed by atoms with van der Waals surface area (Å²) in [7, 11) is 0. The molecule has 0 aliphatic carbocycles. The molecule has 0 fully saturated rings. The van der Waals surface area contributed by atoms with Gasteiger partial charge in [0.2, 0.25) is 0 Å². The summed E-state index contributed by atoms with van der Waals surface area (Å²) in [5, 5.41) is 2.83. The summed E-state index contributed by atoms with van der Waals surface area (Å²) in [6.07, 6.45) is 0. The first-order valence-corrected chi connectivity index (χ1v) is 6.68. The molecule has 0 bridgehead atoms. The second-order valence-corrected chi connectivity index (χ2v) is 5.87. The summed E-state index contributed by atoms with van der Waals surface area (Å²) < 4.78 is 1.56. The number of hydrogen-bond donors (Lipinski definition) is 0. The van der Waals surface area contributed by atoms with Gasteiger partial charge < -0.3 is 0 Å². The van der Waals surface area contributed by atoms with Crippen LogP contribution in [0.3, 0.4) is 0 Å². The molecule has 0 aromatic heterocycles. The molecule has 0 saturated carbocycles. The van der Waals surface area contributed by atoms with Crippen LogP contribution < -0.4 is 3.32 Å². The van der Waals surface area contributed by atoms with Gasteiger partial charge in [0.25, 0.3) is 0 Å². The number of fused-ring (bicyclic) bond motifs is 1. The van der Waals surface area contributed by atoms with Crippen molar-refractivity contribution in [2.45, 2.75) is 0 Å². The first kappa shape index (κ1) is 7.23. The van der Waals surface area contributed by atoms with E-state index in [0.29, 0.717) is 24.4 Å². The Labute approximate surface area is 80.8 Å². The predicted octanol–water partition coefficient (Wildman–Crippen LogP) is 1.10. The Balaban J connectivity index is 2.91. The van der Waals surface area contributed by atoms with E-state index in [4.69, 9.17) is 0 Å². The van der Waals surface area contributed by atoms with Crippen LogP contribution in [0, 0.1) is 0 Å². The average molecular weight is 244 g/mol. The van der Waals surface area contributed by atoms with Gasteiger partial charge in [0, 0.05) is 0 Å². The minimum absolute atomic E-state index is 0.623. The quantitative estimate of drug-likeness (QED) is 0.650. The van der Waals surface area contributed by atoms with E-state index in [0.717, 1.165) is 0 Å². The van der Waals surface area contributed by atoms with E-state index in [1.165, 1.54) is 10.8 Å². The van der Waals surface area contributed by atoms with E-state index in [1.807, 2.05) is 0 Å². The summed E-state index contributed by atoms with van der Waals surface area (Å²) >= 11 is 0.623. The van der Waals surface area contributed by atoms with Gasteiger partial charge in [0.05, 0.1) is 0 Å². The van der Waals surface area contributed by atoms with Crippen LogP contribution in [0.2, 0.25) is 0 Å². The van der Waals surface area contributed by atoms with Crippen LogP contribution in [0.4, 0.5) is 0 Å². The van der Waals surface area contributed by atoms with Crippen molar-refractivity contribution in [2.75, 3.05) is 0 Å². The zero-order valence-electron chi connectivity index (χ0n) is 6.54. The van der Waals surface area contributed by atoms with E-state index in [9.17, 15) is 0 Å². The first-order chi connectivity index (χ1) is 5.38. The van der Waals surface area contributed by atoms with Crippen molar-refractivity contribution >= 4 is 38.5 Å². The Kier molecular flexibility index (Phi) is 1.91. The van der Waals surface area contributed by atoms with Crippen LogP contribution in [-0.2, 0) is 0 Å².